The van der Waals surface area contributed by atoms with Crippen LogP contribution < -0.4 is 10.6 Å². The minimum atomic E-state index is -4.48. The minimum Gasteiger partial charge on any atom is -0.348 e. The van der Waals surface area contributed by atoms with Gasteiger partial charge in [0.2, 0.25) is 11.8 Å². The van der Waals surface area contributed by atoms with Gasteiger partial charge in [0, 0.05) is 23.7 Å². The molecular formula is C18H16F3N5O2S. The smallest absolute Gasteiger partial charge is 0.348 e. The van der Waals surface area contributed by atoms with Crippen LogP contribution in [0.1, 0.15) is 18.3 Å². The maximum Gasteiger partial charge on any atom is 0.417 e. The Kier molecular flexibility index (Phi) is 6.06. The van der Waals surface area contributed by atoms with Crippen LogP contribution in [0.4, 0.5) is 18.9 Å². The van der Waals surface area contributed by atoms with Crippen LogP contribution in [-0.4, -0.2) is 32.2 Å². The van der Waals surface area contributed by atoms with Crippen molar-refractivity contribution in [1.82, 2.24) is 19.9 Å². The van der Waals surface area contributed by atoms with Crippen molar-refractivity contribution in [2.45, 2.75) is 24.5 Å². The molecule has 0 spiro atoms. The van der Waals surface area contributed by atoms with Crippen LogP contribution >= 0.6 is 11.8 Å². The number of benzene rings is 1. The largest absolute Gasteiger partial charge is 0.417 e. The van der Waals surface area contributed by atoms with Gasteiger partial charge in [-0.3, -0.25) is 14.0 Å². The summed E-state index contributed by atoms with van der Waals surface area (Å²) >= 11 is 1.29. The van der Waals surface area contributed by atoms with Gasteiger partial charge < -0.3 is 10.6 Å². The first-order valence-corrected chi connectivity index (χ1v) is 9.39. The number of rotatable bonds is 6. The Morgan fingerprint density at radius 1 is 1.10 bits per heavy atom. The van der Waals surface area contributed by atoms with E-state index >= 15 is 0 Å². The molecule has 11 heteroatoms. The van der Waals surface area contributed by atoms with Gasteiger partial charge in [0.25, 0.3) is 0 Å². The Morgan fingerprint density at radius 2 is 1.83 bits per heavy atom. The molecule has 7 nitrogen and oxygen atoms in total. The van der Waals surface area contributed by atoms with Gasteiger partial charge in [-0.15, -0.1) is 22.0 Å². The third kappa shape index (κ3) is 5.47. The molecule has 2 amide bonds. The van der Waals surface area contributed by atoms with E-state index in [0.717, 1.165) is 17.2 Å². The first-order valence-electron chi connectivity index (χ1n) is 8.40. The molecule has 29 heavy (non-hydrogen) atoms. The number of carbonyl (C=O) groups excluding carboxylic acids is 2. The van der Waals surface area contributed by atoms with E-state index in [-0.39, 0.29) is 35.6 Å². The maximum absolute atomic E-state index is 12.9. The molecule has 0 aliphatic carbocycles. The molecule has 0 atom stereocenters. The van der Waals surface area contributed by atoms with Crippen LogP contribution in [0.25, 0.3) is 5.65 Å². The Morgan fingerprint density at radius 3 is 2.48 bits per heavy atom. The predicted molar refractivity (Wildman–Crippen MR) is 101 cm³/mol. The lowest BCUT2D eigenvalue weighted by molar-refractivity contribution is -0.137. The number of alkyl halides is 3. The lowest BCUT2D eigenvalue weighted by atomic mass is 10.3. The maximum atomic E-state index is 12.9. The SMILES string of the molecule is CC(=O)Nc1ccc(SCC(=O)NCc2nnc3ccc(C(F)(F)F)cn23)cc1. The standard InChI is InChI=1S/C18H16F3N5O2S/c1-11(27)23-13-3-5-14(6-4-13)29-10-17(28)22-8-16-25-24-15-7-2-12(9-26(15)16)18(19,20)21/h2-7,9H,8,10H2,1H3,(H,22,28)(H,23,27). The summed E-state index contributed by atoms with van der Waals surface area (Å²) in [7, 11) is 0. The highest BCUT2D eigenvalue weighted by Crippen LogP contribution is 2.29. The van der Waals surface area contributed by atoms with E-state index in [9.17, 15) is 22.8 Å². The predicted octanol–water partition coefficient (Wildman–Crippen LogP) is 3.12. The van der Waals surface area contributed by atoms with Crippen molar-refractivity contribution in [1.29, 1.82) is 0 Å². The highest BCUT2D eigenvalue weighted by atomic mass is 32.2. The Balaban J connectivity index is 1.56. The van der Waals surface area contributed by atoms with Gasteiger partial charge in [-0.2, -0.15) is 13.2 Å². The summed E-state index contributed by atoms with van der Waals surface area (Å²) in [4.78, 5) is 23.9. The number of anilines is 1. The minimum absolute atomic E-state index is 0.0522. The molecule has 0 aliphatic rings. The molecule has 0 fully saturated rings. The van der Waals surface area contributed by atoms with Crippen molar-refractivity contribution in [2.24, 2.45) is 0 Å². The molecule has 0 unspecified atom stereocenters. The van der Waals surface area contributed by atoms with Crippen molar-refractivity contribution in [3.63, 3.8) is 0 Å². The summed E-state index contributed by atoms with van der Waals surface area (Å²) in [5.41, 5.74) is 0.0924. The van der Waals surface area contributed by atoms with E-state index in [1.165, 1.54) is 29.2 Å². The van der Waals surface area contributed by atoms with E-state index in [1.54, 1.807) is 24.3 Å². The van der Waals surface area contributed by atoms with E-state index in [4.69, 9.17) is 0 Å². The topological polar surface area (TPSA) is 88.4 Å². The third-order valence-electron chi connectivity index (χ3n) is 3.79. The number of thioether (sulfide) groups is 1. The number of amides is 2. The molecule has 2 N–H and O–H groups in total. The molecule has 0 radical (unpaired) electrons. The molecule has 1 aromatic carbocycles. The number of nitrogens with zero attached hydrogens (tertiary/aromatic N) is 3. The summed E-state index contributed by atoms with van der Waals surface area (Å²) in [5.74, 6) is -0.161. The van der Waals surface area contributed by atoms with Gasteiger partial charge in [0.05, 0.1) is 17.9 Å². The quantitative estimate of drug-likeness (QED) is 0.595. The number of halogens is 3. The summed E-state index contributed by atoms with van der Waals surface area (Å²) < 4.78 is 39.8. The Bertz CT molecular complexity index is 1030. The fourth-order valence-corrected chi connectivity index (χ4v) is 3.17. The van der Waals surface area contributed by atoms with Gasteiger partial charge in [-0.05, 0) is 36.4 Å². The van der Waals surface area contributed by atoms with Gasteiger partial charge in [-0.25, -0.2) is 0 Å². The molecule has 0 bridgehead atoms. The van der Waals surface area contributed by atoms with Gasteiger partial charge in [0.1, 0.15) is 0 Å². The second-order valence-electron chi connectivity index (χ2n) is 6.03. The third-order valence-corrected chi connectivity index (χ3v) is 4.80. The number of fused-ring (bicyclic) bond motifs is 1. The fraction of sp³-hybridized carbons (Fsp3) is 0.222. The average Bonchev–Trinajstić information content (AvgIpc) is 3.07. The van der Waals surface area contributed by atoms with E-state index < -0.39 is 11.7 Å². The normalized spacial score (nSPS) is 11.4. The molecule has 2 aromatic heterocycles. The number of hydrogen-bond acceptors (Lipinski definition) is 5. The van der Waals surface area contributed by atoms with Gasteiger partial charge >= 0.3 is 6.18 Å². The van der Waals surface area contributed by atoms with Crippen LogP contribution in [0.2, 0.25) is 0 Å². The summed E-state index contributed by atoms with van der Waals surface area (Å²) in [6, 6.07) is 9.15. The molecule has 3 rings (SSSR count). The number of aromatic nitrogens is 3. The van der Waals surface area contributed by atoms with Crippen LogP contribution in [-0.2, 0) is 22.3 Å². The van der Waals surface area contributed by atoms with Gasteiger partial charge in [0.15, 0.2) is 11.5 Å². The van der Waals surface area contributed by atoms with Crippen molar-refractivity contribution in [2.75, 3.05) is 11.1 Å². The first-order chi connectivity index (χ1) is 13.7. The molecule has 0 saturated carbocycles. The zero-order valence-corrected chi connectivity index (χ0v) is 16.0. The lowest BCUT2D eigenvalue weighted by Gasteiger charge is -2.08. The number of pyridine rings is 1. The van der Waals surface area contributed by atoms with Gasteiger partial charge in [-0.1, -0.05) is 0 Å². The summed E-state index contributed by atoms with van der Waals surface area (Å²) in [5, 5.41) is 12.9. The number of carbonyl (C=O) groups is 2. The van der Waals surface area contributed by atoms with Crippen LogP contribution in [0, 0.1) is 0 Å². The van der Waals surface area contributed by atoms with E-state index in [2.05, 4.69) is 20.8 Å². The van der Waals surface area contributed by atoms with Crippen molar-refractivity contribution in [3.8, 4) is 0 Å². The second-order valence-corrected chi connectivity index (χ2v) is 7.08. The monoisotopic (exact) mass is 423 g/mol. The molecule has 152 valence electrons. The van der Waals surface area contributed by atoms with Crippen LogP contribution in [0.15, 0.2) is 47.5 Å². The highest BCUT2D eigenvalue weighted by Gasteiger charge is 2.31. The average molecular weight is 423 g/mol. The summed E-state index contributed by atoms with van der Waals surface area (Å²) in [6.45, 7) is 1.36. The Labute approximate surface area is 167 Å². The number of hydrogen-bond donors (Lipinski definition) is 2. The second kappa shape index (κ2) is 8.52. The van der Waals surface area contributed by atoms with E-state index in [1.807, 2.05) is 0 Å². The molecule has 0 saturated heterocycles. The van der Waals surface area contributed by atoms with Crippen molar-refractivity contribution >= 4 is 34.9 Å². The van der Waals surface area contributed by atoms with E-state index in [0.29, 0.717) is 5.69 Å². The molecule has 2 heterocycles. The fourth-order valence-electron chi connectivity index (χ4n) is 2.44. The summed E-state index contributed by atoms with van der Waals surface area (Å²) in [6.07, 6.45) is -3.58. The molecule has 0 aliphatic heterocycles. The number of nitrogens with one attached hydrogen (secondary N) is 2. The zero-order chi connectivity index (χ0) is 21.0. The first kappa shape index (κ1) is 20.6. The molecular weight excluding hydrogens is 407 g/mol. The lowest BCUT2D eigenvalue weighted by Crippen LogP contribution is -2.25. The van der Waals surface area contributed by atoms with Crippen LogP contribution in [0.5, 0.6) is 0 Å². The zero-order valence-electron chi connectivity index (χ0n) is 15.2. The van der Waals surface area contributed by atoms with Crippen LogP contribution in [0.3, 0.4) is 0 Å². The molecule has 3 aromatic rings. The van der Waals surface area contributed by atoms with Crippen molar-refractivity contribution in [3.05, 3.63) is 54.0 Å². The Hall–Kier alpha value is -3.08. The van der Waals surface area contributed by atoms with Crippen molar-refractivity contribution < 1.29 is 22.8 Å². The highest BCUT2D eigenvalue weighted by molar-refractivity contribution is 8.00.